The summed E-state index contributed by atoms with van der Waals surface area (Å²) in [4.78, 5) is 10.1. The Morgan fingerprint density at radius 2 is 1.92 bits per heavy atom. The standard InChI is InChI=1S/C18H19N3O2S.ClH/c1-22-14-6-3-5-13(11-14)16-12-17(21-18(20-16)23-2)19-9-8-15-7-4-10-24-15;/h3-7,10-12H,8-9H2,1-2H3,(H,19,20,21);1H. The fraction of sp³-hybridized carbons (Fsp3) is 0.222. The van der Waals surface area contributed by atoms with Crippen LogP contribution in [0.4, 0.5) is 5.82 Å². The SMILES string of the molecule is COc1cccc(-c2cc(NCCc3cccs3)nc(OC)n2)c1.Cl. The Bertz CT molecular complexity index is 797. The minimum atomic E-state index is 0. The molecule has 0 aliphatic rings. The topological polar surface area (TPSA) is 56.3 Å². The first-order valence-electron chi connectivity index (χ1n) is 7.62. The summed E-state index contributed by atoms with van der Waals surface area (Å²) in [5, 5.41) is 5.43. The maximum Gasteiger partial charge on any atom is 0.318 e. The van der Waals surface area contributed by atoms with Crippen molar-refractivity contribution in [2.24, 2.45) is 0 Å². The molecule has 3 aromatic rings. The number of anilines is 1. The van der Waals surface area contributed by atoms with E-state index in [-0.39, 0.29) is 12.4 Å². The highest BCUT2D eigenvalue weighted by Gasteiger charge is 2.08. The van der Waals surface area contributed by atoms with Gasteiger partial charge in [0, 0.05) is 23.1 Å². The van der Waals surface area contributed by atoms with Crippen molar-refractivity contribution in [1.82, 2.24) is 9.97 Å². The van der Waals surface area contributed by atoms with Crippen molar-refractivity contribution in [2.75, 3.05) is 26.1 Å². The molecule has 0 amide bonds. The van der Waals surface area contributed by atoms with Crippen LogP contribution in [0.1, 0.15) is 4.88 Å². The van der Waals surface area contributed by atoms with Gasteiger partial charge in [0.1, 0.15) is 11.6 Å². The van der Waals surface area contributed by atoms with Gasteiger partial charge in [-0.1, -0.05) is 18.2 Å². The summed E-state index contributed by atoms with van der Waals surface area (Å²) < 4.78 is 10.5. The number of benzene rings is 1. The molecule has 0 spiro atoms. The summed E-state index contributed by atoms with van der Waals surface area (Å²) in [7, 11) is 3.22. The maximum absolute atomic E-state index is 5.28. The van der Waals surface area contributed by atoms with Crippen molar-refractivity contribution in [1.29, 1.82) is 0 Å². The number of aromatic nitrogens is 2. The average molecular weight is 378 g/mol. The number of hydrogen-bond donors (Lipinski definition) is 1. The number of ether oxygens (including phenoxy) is 2. The van der Waals surface area contributed by atoms with Gasteiger partial charge in [-0.05, 0) is 30.0 Å². The first-order chi connectivity index (χ1) is 11.8. The predicted octanol–water partition coefficient (Wildman–Crippen LogP) is 4.30. The lowest BCUT2D eigenvalue weighted by atomic mass is 10.1. The number of thiophene rings is 1. The van der Waals surface area contributed by atoms with E-state index in [0.717, 1.165) is 35.8 Å². The van der Waals surface area contributed by atoms with Crippen LogP contribution in [0.2, 0.25) is 0 Å². The molecule has 0 saturated carbocycles. The van der Waals surface area contributed by atoms with Gasteiger partial charge in [-0.25, -0.2) is 0 Å². The molecule has 0 bridgehead atoms. The highest BCUT2D eigenvalue weighted by molar-refractivity contribution is 7.09. The van der Waals surface area contributed by atoms with Gasteiger partial charge in [0.15, 0.2) is 0 Å². The highest BCUT2D eigenvalue weighted by Crippen LogP contribution is 2.25. The van der Waals surface area contributed by atoms with Crippen LogP contribution in [0.5, 0.6) is 11.8 Å². The van der Waals surface area contributed by atoms with Crippen LogP contribution in [-0.2, 0) is 6.42 Å². The van der Waals surface area contributed by atoms with Gasteiger partial charge >= 0.3 is 6.01 Å². The molecule has 7 heteroatoms. The molecule has 0 unspecified atom stereocenters. The molecule has 2 aromatic heterocycles. The van der Waals surface area contributed by atoms with Gasteiger partial charge in [0.05, 0.1) is 19.9 Å². The van der Waals surface area contributed by atoms with Crippen LogP contribution in [0, 0.1) is 0 Å². The fourth-order valence-corrected chi connectivity index (χ4v) is 3.01. The molecule has 0 aliphatic heterocycles. The van der Waals surface area contributed by atoms with E-state index in [9.17, 15) is 0 Å². The smallest absolute Gasteiger partial charge is 0.318 e. The third-order valence-corrected chi connectivity index (χ3v) is 4.45. The lowest BCUT2D eigenvalue weighted by Gasteiger charge is -2.10. The second kappa shape index (κ2) is 9.25. The normalized spacial score (nSPS) is 10.0. The van der Waals surface area contributed by atoms with E-state index >= 15 is 0 Å². The minimum Gasteiger partial charge on any atom is -0.497 e. The summed E-state index contributed by atoms with van der Waals surface area (Å²) in [5.74, 6) is 1.54. The van der Waals surface area contributed by atoms with Crippen molar-refractivity contribution < 1.29 is 9.47 Å². The first-order valence-corrected chi connectivity index (χ1v) is 8.50. The molecular weight excluding hydrogens is 358 g/mol. The number of rotatable bonds is 7. The molecule has 2 heterocycles. The van der Waals surface area contributed by atoms with E-state index in [1.807, 2.05) is 30.3 Å². The predicted molar refractivity (Wildman–Crippen MR) is 104 cm³/mol. The second-order valence-electron chi connectivity index (χ2n) is 5.11. The molecule has 132 valence electrons. The zero-order chi connectivity index (χ0) is 16.8. The number of nitrogens with one attached hydrogen (secondary N) is 1. The Balaban J connectivity index is 0.00000225. The Morgan fingerprint density at radius 3 is 2.64 bits per heavy atom. The zero-order valence-electron chi connectivity index (χ0n) is 14.1. The fourth-order valence-electron chi connectivity index (χ4n) is 2.31. The van der Waals surface area contributed by atoms with Gasteiger partial charge in [0.25, 0.3) is 0 Å². The van der Waals surface area contributed by atoms with E-state index in [4.69, 9.17) is 9.47 Å². The molecule has 0 aliphatic carbocycles. The van der Waals surface area contributed by atoms with Gasteiger partial charge in [-0.15, -0.1) is 23.7 Å². The molecule has 3 rings (SSSR count). The maximum atomic E-state index is 5.28. The van der Waals surface area contributed by atoms with E-state index in [2.05, 4.69) is 32.8 Å². The van der Waals surface area contributed by atoms with Crippen LogP contribution in [0.15, 0.2) is 47.8 Å². The summed E-state index contributed by atoms with van der Waals surface area (Å²) >= 11 is 1.76. The average Bonchev–Trinajstić information content (AvgIpc) is 3.15. The molecule has 5 nitrogen and oxygen atoms in total. The molecular formula is C18H20ClN3O2S. The van der Waals surface area contributed by atoms with E-state index < -0.39 is 0 Å². The molecule has 0 fully saturated rings. The molecule has 1 aromatic carbocycles. The van der Waals surface area contributed by atoms with E-state index in [0.29, 0.717) is 6.01 Å². The Kier molecular flexibility index (Phi) is 7.03. The lowest BCUT2D eigenvalue weighted by molar-refractivity contribution is 0.381. The Morgan fingerprint density at radius 1 is 1.04 bits per heavy atom. The quantitative estimate of drug-likeness (QED) is 0.665. The van der Waals surface area contributed by atoms with E-state index in [1.165, 1.54) is 4.88 Å². The third kappa shape index (κ3) is 5.08. The number of halogens is 1. The van der Waals surface area contributed by atoms with Crippen molar-refractivity contribution in [2.45, 2.75) is 6.42 Å². The third-order valence-electron chi connectivity index (χ3n) is 3.51. The first kappa shape index (κ1) is 19.0. The lowest BCUT2D eigenvalue weighted by Crippen LogP contribution is -2.07. The largest absolute Gasteiger partial charge is 0.497 e. The van der Waals surface area contributed by atoms with Crippen LogP contribution in [0.3, 0.4) is 0 Å². The van der Waals surface area contributed by atoms with Crippen LogP contribution in [0.25, 0.3) is 11.3 Å². The van der Waals surface area contributed by atoms with Crippen molar-refractivity contribution in [3.8, 4) is 23.0 Å². The minimum absolute atomic E-state index is 0. The zero-order valence-corrected chi connectivity index (χ0v) is 15.7. The van der Waals surface area contributed by atoms with Crippen molar-refractivity contribution in [3.63, 3.8) is 0 Å². The second-order valence-corrected chi connectivity index (χ2v) is 6.15. The summed E-state index contributed by atoms with van der Waals surface area (Å²) in [6, 6.07) is 14.2. The van der Waals surface area contributed by atoms with Gasteiger partial charge in [-0.3, -0.25) is 0 Å². The molecule has 0 atom stereocenters. The van der Waals surface area contributed by atoms with Crippen LogP contribution in [-0.4, -0.2) is 30.7 Å². The van der Waals surface area contributed by atoms with Gasteiger partial charge in [0.2, 0.25) is 0 Å². The van der Waals surface area contributed by atoms with Crippen molar-refractivity contribution >= 4 is 29.6 Å². The van der Waals surface area contributed by atoms with Gasteiger partial charge < -0.3 is 14.8 Å². The molecule has 0 saturated heterocycles. The number of nitrogens with zero attached hydrogens (tertiary/aromatic N) is 2. The molecule has 25 heavy (non-hydrogen) atoms. The van der Waals surface area contributed by atoms with Gasteiger partial charge in [-0.2, -0.15) is 9.97 Å². The van der Waals surface area contributed by atoms with E-state index in [1.54, 1.807) is 25.6 Å². The highest BCUT2D eigenvalue weighted by atomic mass is 35.5. The Hall–Kier alpha value is -2.31. The Labute approximate surface area is 157 Å². The molecule has 0 radical (unpaired) electrons. The van der Waals surface area contributed by atoms with Crippen LogP contribution >= 0.6 is 23.7 Å². The monoisotopic (exact) mass is 377 g/mol. The number of hydrogen-bond acceptors (Lipinski definition) is 6. The summed E-state index contributed by atoms with van der Waals surface area (Å²) in [6.07, 6.45) is 0.957. The summed E-state index contributed by atoms with van der Waals surface area (Å²) in [5.41, 5.74) is 1.75. The van der Waals surface area contributed by atoms with Crippen LogP contribution < -0.4 is 14.8 Å². The van der Waals surface area contributed by atoms with Crippen molar-refractivity contribution in [3.05, 3.63) is 52.7 Å². The number of methoxy groups -OCH3 is 2. The summed E-state index contributed by atoms with van der Waals surface area (Å²) in [6.45, 7) is 0.804. The molecule has 1 N–H and O–H groups in total.